The molecular formula is C28H34O6. The van der Waals surface area contributed by atoms with E-state index < -0.39 is 12.3 Å². The number of benzene rings is 2. The maximum Gasteiger partial charge on any atom is 0.341 e. The second-order valence-electron chi connectivity index (χ2n) is 8.26. The first-order valence-electron chi connectivity index (χ1n) is 11.8. The third-order valence-corrected chi connectivity index (χ3v) is 5.79. The lowest BCUT2D eigenvalue weighted by Gasteiger charge is -2.39. The molecule has 0 spiro atoms. The Bertz CT molecular complexity index is 974. The van der Waals surface area contributed by atoms with Gasteiger partial charge in [0, 0.05) is 25.5 Å². The Morgan fingerprint density at radius 1 is 1.12 bits per heavy atom. The zero-order valence-corrected chi connectivity index (χ0v) is 20.4. The number of esters is 1. The molecule has 0 N–H and O–H groups in total. The van der Waals surface area contributed by atoms with Gasteiger partial charge >= 0.3 is 5.97 Å². The van der Waals surface area contributed by atoms with Crippen LogP contribution >= 0.6 is 0 Å². The number of rotatable bonds is 9. The Kier molecular flexibility index (Phi) is 9.96. The highest BCUT2D eigenvalue weighted by atomic mass is 16.7. The molecule has 34 heavy (non-hydrogen) atoms. The molecule has 1 aliphatic rings. The van der Waals surface area contributed by atoms with Gasteiger partial charge in [0.15, 0.2) is 0 Å². The highest BCUT2D eigenvalue weighted by Gasteiger charge is 2.39. The van der Waals surface area contributed by atoms with Gasteiger partial charge in [0.25, 0.3) is 0 Å². The molecule has 0 amide bonds. The van der Waals surface area contributed by atoms with Gasteiger partial charge in [-0.05, 0) is 43.2 Å². The summed E-state index contributed by atoms with van der Waals surface area (Å²) in [6.07, 6.45) is 1.69. The summed E-state index contributed by atoms with van der Waals surface area (Å²) in [4.78, 5) is 12.9. The molecule has 1 heterocycles. The normalized spacial score (nSPS) is 21.9. The number of hydrogen-bond acceptors (Lipinski definition) is 6. The summed E-state index contributed by atoms with van der Waals surface area (Å²) in [6, 6.07) is 15.0. The van der Waals surface area contributed by atoms with E-state index in [2.05, 4.69) is 18.8 Å². The fourth-order valence-electron chi connectivity index (χ4n) is 3.84. The van der Waals surface area contributed by atoms with Crippen LogP contribution in [0.25, 0.3) is 0 Å². The predicted octanol–water partition coefficient (Wildman–Crippen LogP) is 5.13. The van der Waals surface area contributed by atoms with Gasteiger partial charge in [-0.15, -0.1) is 0 Å². The number of carbonyl (C=O) groups excluding carboxylic acids is 1. The molecule has 1 aliphatic heterocycles. The third-order valence-electron chi connectivity index (χ3n) is 5.79. The number of carbonyl (C=O) groups is 1. The lowest BCUT2D eigenvalue weighted by Crippen LogP contribution is -2.50. The summed E-state index contributed by atoms with van der Waals surface area (Å²) >= 11 is 0. The van der Waals surface area contributed by atoms with Crippen LogP contribution in [0.1, 0.15) is 61.0 Å². The zero-order chi connectivity index (χ0) is 24.3. The van der Waals surface area contributed by atoms with E-state index in [9.17, 15) is 4.79 Å². The maximum atomic E-state index is 12.9. The SMILES string of the molecule is CCCCC#Cc1ccccc1C(=O)OC1C[C@H](OC)[C@@H](OCc2ccc(OC)cc2)[C@H](C)O1. The largest absolute Gasteiger partial charge is 0.497 e. The minimum atomic E-state index is -0.727. The molecule has 182 valence electrons. The van der Waals surface area contributed by atoms with Crippen molar-refractivity contribution in [1.29, 1.82) is 0 Å². The van der Waals surface area contributed by atoms with Crippen molar-refractivity contribution < 1.29 is 28.5 Å². The minimum absolute atomic E-state index is 0.274. The molecule has 1 fully saturated rings. The Morgan fingerprint density at radius 2 is 1.88 bits per heavy atom. The molecule has 6 nitrogen and oxygen atoms in total. The summed E-state index contributed by atoms with van der Waals surface area (Å²) in [5, 5.41) is 0. The fourth-order valence-corrected chi connectivity index (χ4v) is 3.84. The summed E-state index contributed by atoms with van der Waals surface area (Å²) in [6.45, 7) is 4.44. The van der Waals surface area contributed by atoms with E-state index in [0.29, 0.717) is 24.2 Å². The lowest BCUT2D eigenvalue weighted by atomic mass is 10.0. The minimum Gasteiger partial charge on any atom is -0.497 e. The van der Waals surface area contributed by atoms with Crippen molar-refractivity contribution in [2.75, 3.05) is 14.2 Å². The van der Waals surface area contributed by atoms with E-state index in [1.807, 2.05) is 43.3 Å². The van der Waals surface area contributed by atoms with Crippen LogP contribution in [-0.2, 0) is 25.6 Å². The van der Waals surface area contributed by atoms with Crippen molar-refractivity contribution in [1.82, 2.24) is 0 Å². The number of unbranched alkanes of at least 4 members (excludes halogenated alkanes) is 2. The average molecular weight is 467 g/mol. The molecule has 4 atom stereocenters. The van der Waals surface area contributed by atoms with Gasteiger partial charge < -0.3 is 23.7 Å². The van der Waals surface area contributed by atoms with Gasteiger partial charge in [0.05, 0.1) is 31.5 Å². The molecule has 6 heteroatoms. The quantitative estimate of drug-likeness (QED) is 0.290. The first-order chi connectivity index (χ1) is 16.5. The van der Waals surface area contributed by atoms with Gasteiger partial charge in [-0.3, -0.25) is 0 Å². The van der Waals surface area contributed by atoms with Crippen LogP contribution in [0.2, 0.25) is 0 Å². The van der Waals surface area contributed by atoms with Crippen LogP contribution in [0, 0.1) is 11.8 Å². The van der Waals surface area contributed by atoms with Crippen molar-refractivity contribution in [3.8, 4) is 17.6 Å². The van der Waals surface area contributed by atoms with Gasteiger partial charge in [0.2, 0.25) is 6.29 Å². The predicted molar refractivity (Wildman–Crippen MR) is 130 cm³/mol. The monoisotopic (exact) mass is 466 g/mol. The van der Waals surface area contributed by atoms with E-state index in [1.165, 1.54) is 0 Å². The van der Waals surface area contributed by atoms with Crippen molar-refractivity contribution >= 4 is 5.97 Å². The second-order valence-corrected chi connectivity index (χ2v) is 8.26. The van der Waals surface area contributed by atoms with E-state index >= 15 is 0 Å². The van der Waals surface area contributed by atoms with E-state index in [-0.39, 0.29) is 18.3 Å². The number of ether oxygens (including phenoxy) is 5. The highest BCUT2D eigenvalue weighted by molar-refractivity contribution is 5.92. The van der Waals surface area contributed by atoms with Crippen LogP contribution in [0.5, 0.6) is 5.75 Å². The van der Waals surface area contributed by atoms with Crippen molar-refractivity contribution in [3.05, 3.63) is 65.2 Å². The zero-order valence-electron chi connectivity index (χ0n) is 20.4. The van der Waals surface area contributed by atoms with Gasteiger partial charge in [-0.25, -0.2) is 4.79 Å². The standard InChI is InChI=1S/C28H34O6/c1-5-6-7-8-11-22-12-9-10-13-24(22)28(29)34-26-18-25(31-4)27(20(2)33-26)32-19-21-14-16-23(30-3)17-15-21/h9-10,12-17,20,25-27H,5-7,18-19H2,1-4H3/t20-,25-,26?,27-/m0/s1. The molecule has 2 aromatic carbocycles. The first kappa shape index (κ1) is 25.8. The molecule has 0 bridgehead atoms. The van der Waals surface area contributed by atoms with Crippen molar-refractivity contribution in [2.45, 2.75) is 70.7 Å². The van der Waals surface area contributed by atoms with Gasteiger partial charge in [-0.2, -0.15) is 0 Å². The Hall–Kier alpha value is -2.85. The molecule has 0 aliphatic carbocycles. The fraction of sp³-hybridized carbons (Fsp3) is 0.464. The second kappa shape index (κ2) is 13.1. The maximum absolute atomic E-state index is 12.9. The Labute approximate surface area is 202 Å². The highest BCUT2D eigenvalue weighted by Crippen LogP contribution is 2.27. The van der Waals surface area contributed by atoms with Crippen LogP contribution in [0.15, 0.2) is 48.5 Å². The smallest absolute Gasteiger partial charge is 0.341 e. The summed E-state index contributed by atoms with van der Waals surface area (Å²) in [5.74, 6) is 6.57. The topological polar surface area (TPSA) is 63.2 Å². The third kappa shape index (κ3) is 7.07. The summed E-state index contributed by atoms with van der Waals surface area (Å²) in [7, 11) is 3.27. The molecule has 1 saturated heterocycles. The Balaban J connectivity index is 1.60. The molecule has 0 saturated carbocycles. The van der Waals surface area contributed by atoms with Crippen LogP contribution in [0.4, 0.5) is 0 Å². The number of methoxy groups -OCH3 is 2. The molecule has 0 aromatic heterocycles. The number of hydrogen-bond donors (Lipinski definition) is 0. The molecule has 0 radical (unpaired) electrons. The van der Waals surface area contributed by atoms with Crippen LogP contribution < -0.4 is 4.74 Å². The van der Waals surface area contributed by atoms with E-state index in [0.717, 1.165) is 30.6 Å². The summed E-state index contributed by atoms with van der Waals surface area (Å²) in [5.41, 5.74) is 2.12. The van der Waals surface area contributed by atoms with Gasteiger partial charge in [0.1, 0.15) is 11.9 Å². The van der Waals surface area contributed by atoms with Crippen LogP contribution in [-0.4, -0.2) is 44.8 Å². The molecule has 1 unspecified atom stereocenters. The van der Waals surface area contributed by atoms with Crippen molar-refractivity contribution in [3.63, 3.8) is 0 Å². The van der Waals surface area contributed by atoms with Gasteiger partial charge in [-0.1, -0.05) is 49.5 Å². The first-order valence-corrected chi connectivity index (χ1v) is 11.8. The van der Waals surface area contributed by atoms with Crippen molar-refractivity contribution in [2.24, 2.45) is 0 Å². The van der Waals surface area contributed by atoms with Crippen LogP contribution in [0.3, 0.4) is 0 Å². The average Bonchev–Trinajstić information content (AvgIpc) is 2.86. The molecular weight excluding hydrogens is 432 g/mol. The van der Waals surface area contributed by atoms with E-state index in [1.54, 1.807) is 26.4 Å². The molecule has 3 rings (SSSR count). The Morgan fingerprint density at radius 3 is 2.59 bits per heavy atom. The summed E-state index contributed by atoms with van der Waals surface area (Å²) < 4.78 is 28.7. The lowest BCUT2D eigenvalue weighted by molar-refractivity contribution is -0.244. The molecule has 2 aromatic rings. The van der Waals surface area contributed by atoms with E-state index in [4.69, 9.17) is 23.7 Å².